The Morgan fingerprint density at radius 1 is 1.11 bits per heavy atom. The molecule has 2 aromatic carbocycles. The number of ether oxygens (including phenoxy) is 1. The molecule has 2 aromatic heterocycles. The van der Waals surface area contributed by atoms with Crippen LogP contribution in [0.4, 0.5) is 5.69 Å². The third-order valence-electron chi connectivity index (χ3n) is 7.44. The highest BCUT2D eigenvalue weighted by Crippen LogP contribution is 2.42. The Labute approximate surface area is 220 Å². The van der Waals surface area contributed by atoms with Gasteiger partial charge in [0.1, 0.15) is 11.0 Å². The van der Waals surface area contributed by atoms with Gasteiger partial charge in [0.15, 0.2) is 23.5 Å². The molecule has 0 spiro atoms. The van der Waals surface area contributed by atoms with Crippen LogP contribution < -0.4 is 10.2 Å². The minimum Gasteiger partial charge on any atom is -0.443 e. The number of rotatable bonds is 10. The highest BCUT2D eigenvalue weighted by atomic mass is 16.5. The minimum atomic E-state index is -0.148. The SMILES string of the molecule is COCCCN(C(=O)Cc1ccc2ocnc2c1)c1cc(C(=O)NC2CCCC2)cc2oc(C3CC3)nc12. The molecule has 2 amide bonds. The van der Waals surface area contributed by atoms with Crippen LogP contribution in [0, 0.1) is 0 Å². The Hall–Kier alpha value is -3.72. The standard InChI is InChI=1S/C29H32N4O5/c1-36-12-4-11-33(26(34)14-18-7-10-24-22(13-18)30-17-37-24)23-15-20(28(35)31-21-5-2-3-6-21)16-25-27(23)32-29(38-25)19-8-9-19/h7,10,13,15-17,19,21H,2-6,8-9,11-12,14H2,1H3,(H,31,35). The van der Waals surface area contributed by atoms with Crippen LogP contribution >= 0.6 is 0 Å². The van der Waals surface area contributed by atoms with E-state index in [9.17, 15) is 9.59 Å². The van der Waals surface area contributed by atoms with E-state index in [0.717, 1.165) is 44.1 Å². The van der Waals surface area contributed by atoms with E-state index in [1.54, 1.807) is 24.1 Å². The lowest BCUT2D eigenvalue weighted by Crippen LogP contribution is -2.35. The number of fused-ring (bicyclic) bond motifs is 2. The summed E-state index contributed by atoms with van der Waals surface area (Å²) in [6, 6.07) is 9.30. The number of carbonyl (C=O) groups is 2. The molecule has 0 unspecified atom stereocenters. The first kappa shape index (κ1) is 24.6. The van der Waals surface area contributed by atoms with Crippen molar-refractivity contribution in [3.05, 3.63) is 53.7 Å². The van der Waals surface area contributed by atoms with E-state index in [-0.39, 0.29) is 24.3 Å². The molecule has 2 fully saturated rings. The number of anilines is 1. The lowest BCUT2D eigenvalue weighted by Gasteiger charge is -2.24. The summed E-state index contributed by atoms with van der Waals surface area (Å²) < 4.78 is 16.8. The summed E-state index contributed by atoms with van der Waals surface area (Å²) in [5.74, 6) is 0.730. The van der Waals surface area contributed by atoms with Crippen molar-refractivity contribution in [2.45, 2.75) is 63.3 Å². The molecule has 0 radical (unpaired) electrons. The van der Waals surface area contributed by atoms with Crippen molar-refractivity contribution < 1.29 is 23.2 Å². The largest absolute Gasteiger partial charge is 0.443 e. The predicted octanol–water partition coefficient (Wildman–Crippen LogP) is 5.13. The van der Waals surface area contributed by atoms with Crippen LogP contribution in [0.2, 0.25) is 0 Å². The predicted molar refractivity (Wildman–Crippen MR) is 142 cm³/mol. The van der Waals surface area contributed by atoms with Crippen molar-refractivity contribution >= 4 is 39.7 Å². The van der Waals surface area contributed by atoms with Gasteiger partial charge in [0.05, 0.1) is 12.1 Å². The van der Waals surface area contributed by atoms with Gasteiger partial charge in [-0.3, -0.25) is 9.59 Å². The van der Waals surface area contributed by atoms with Gasteiger partial charge in [-0.2, -0.15) is 0 Å². The van der Waals surface area contributed by atoms with E-state index in [2.05, 4.69) is 10.3 Å². The van der Waals surface area contributed by atoms with Crippen molar-refractivity contribution in [3.63, 3.8) is 0 Å². The van der Waals surface area contributed by atoms with Crippen LogP contribution in [-0.4, -0.2) is 48.1 Å². The first-order valence-electron chi connectivity index (χ1n) is 13.5. The van der Waals surface area contributed by atoms with Gasteiger partial charge in [-0.05, 0) is 61.9 Å². The summed E-state index contributed by atoms with van der Waals surface area (Å²) in [6.07, 6.45) is 8.53. The van der Waals surface area contributed by atoms with Crippen LogP contribution in [0.25, 0.3) is 22.2 Å². The Bertz CT molecular complexity index is 1460. The van der Waals surface area contributed by atoms with E-state index in [0.29, 0.717) is 64.8 Å². The molecule has 2 aliphatic rings. The molecule has 6 rings (SSSR count). The molecule has 38 heavy (non-hydrogen) atoms. The van der Waals surface area contributed by atoms with Crippen LogP contribution in [0.15, 0.2) is 45.6 Å². The molecule has 2 saturated carbocycles. The van der Waals surface area contributed by atoms with Crippen molar-refractivity contribution in [2.75, 3.05) is 25.2 Å². The minimum absolute atomic E-state index is 0.102. The molecule has 198 valence electrons. The number of methoxy groups -OCH3 is 1. The molecule has 2 aliphatic carbocycles. The van der Waals surface area contributed by atoms with Crippen molar-refractivity contribution in [1.82, 2.24) is 15.3 Å². The summed E-state index contributed by atoms with van der Waals surface area (Å²) in [5.41, 5.74) is 4.44. The second kappa shape index (κ2) is 10.6. The number of amides is 2. The molecule has 4 aromatic rings. The molecule has 1 N–H and O–H groups in total. The summed E-state index contributed by atoms with van der Waals surface area (Å²) in [7, 11) is 1.64. The molecule has 9 nitrogen and oxygen atoms in total. The highest BCUT2D eigenvalue weighted by molar-refractivity contribution is 6.06. The first-order valence-corrected chi connectivity index (χ1v) is 13.5. The topological polar surface area (TPSA) is 111 Å². The van der Waals surface area contributed by atoms with Crippen molar-refractivity contribution in [3.8, 4) is 0 Å². The second-order valence-electron chi connectivity index (χ2n) is 10.3. The lowest BCUT2D eigenvalue weighted by molar-refractivity contribution is -0.118. The van der Waals surface area contributed by atoms with E-state index in [1.807, 2.05) is 18.2 Å². The maximum absolute atomic E-state index is 13.8. The Balaban J connectivity index is 1.36. The summed E-state index contributed by atoms with van der Waals surface area (Å²) in [6.45, 7) is 0.930. The number of carbonyl (C=O) groups excluding carboxylic acids is 2. The maximum atomic E-state index is 13.8. The summed E-state index contributed by atoms with van der Waals surface area (Å²) in [4.78, 5) is 37.8. The normalized spacial score (nSPS) is 15.9. The average molecular weight is 517 g/mol. The number of hydrogen-bond acceptors (Lipinski definition) is 7. The fourth-order valence-electron chi connectivity index (χ4n) is 5.24. The zero-order valence-electron chi connectivity index (χ0n) is 21.6. The van der Waals surface area contributed by atoms with Gasteiger partial charge in [-0.15, -0.1) is 0 Å². The average Bonchev–Trinajstić information content (AvgIpc) is 3.28. The van der Waals surface area contributed by atoms with Crippen LogP contribution in [-0.2, 0) is 16.0 Å². The van der Waals surface area contributed by atoms with Crippen LogP contribution in [0.5, 0.6) is 0 Å². The maximum Gasteiger partial charge on any atom is 0.251 e. The van der Waals surface area contributed by atoms with Crippen LogP contribution in [0.3, 0.4) is 0 Å². The molecular weight excluding hydrogens is 484 g/mol. The van der Waals surface area contributed by atoms with Gasteiger partial charge in [-0.25, -0.2) is 9.97 Å². The van der Waals surface area contributed by atoms with Crippen molar-refractivity contribution in [1.29, 1.82) is 0 Å². The molecule has 0 atom stereocenters. The smallest absolute Gasteiger partial charge is 0.251 e. The van der Waals surface area contributed by atoms with Gasteiger partial charge < -0.3 is 23.8 Å². The number of nitrogens with one attached hydrogen (secondary N) is 1. The molecule has 0 bridgehead atoms. The fourth-order valence-corrected chi connectivity index (χ4v) is 5.24. The monoisotopic (exact) mass is 516 g/mol. The fraction of sp³-hybridized carbons (Fsp3) is 0.448. The number of aromatic nitrogens is 2. The second-order valence-corrected chi connectivity index (χ2v) is 10.3. The third-order valence-corrected chi connectivity index (χ3v) is 7.44. The Kier molecular flexibility index (Phi) is 6.84. The number of oxazole rings is 2. The van der Waals surface area contributed by atoms with Crippen molar-refractivity contribution in [2.24, 2.45) is 0 Å². The quantitative estimate of drug-likeness (QED) is 0.291. The Morgan fingerprint density at radius 2 is 1.95 bits per heavy atom. The van der Waals surface area contributed by atoms with E-state index in [1.165, 1.54) is 6.39 Å². The molecular formula is C29H32N4O5. The first-order chi connectivity index (χ1) is 18.6. The zero-order chi connectivity index (χ0) is 26.1. The lowest BCUT2D eigenvalue weighted by atomic mass is 10.1. The number of benzene rings is 2. The molecule has 9 heteroatoms. The van der Waals surface area contributed by atoms with Gasteiger partial charge in [0.2, 0.25) is 5.91 Å². The molecule has 2 heterocycles. The third kappa shape index (κ3) is 5.15. The van der Waals surface area contributed by atoms with Gasteiger partial charge in [0.25, 0.3) is 5.91 Å². The van der Waals surface area contributed by atoms with Gasteiger partial charge in [0, 0.05) is 37.8 Å². The summed E-state index contributed by atoms with van der Waals surface area (Å²) in [5, 5.41) is 3.16. The Morgan fingerprint density at radius 3 is 2.74 bits per heavy atom. The van der Waals surface area contributed by atoms with Crippen LogP contribution in [0.1, 0.15) is 72.7 Å². The van der Waals surface area contributed by atoms with Gasteiger partial charge >= 0.3 is 0 Å². The molecule has 0 aliphatic heterocycles. The van der Waals surface area contributed by atoms with E-state index in [4.69, 9.17) is 18.6 Å². The molecule has 0 saturated heterocycles. The highest BCUT2D eigenvalue weighted by Gasteiger charge is 2.31. The van der Waals surface area contributed by atoms with E-state index >= 15 is 0 Å². The zero-order valence-corrected chi connectivity index (χ0v) is 21.6. The van der Waals surface area contributed by atoms with E-state index < -0.39 is 0 Å². The number of hydrogen-bond donors (Lipinski definition) is 1. The summed E-state index contributed by atoms with van der Waals surface area (Å²) >= 11 is 0. The number of nitrogens with zero attached hydrogens (tertiary/aromatic N) is 3. The van der Waals surface area contributed by atoms with Gasteiger partial charge in [-0.1, -0.05) is 18.9 Å².